The topological polar surface area (TPSA) is 61.8 Å². The molecule has 1 aliphatic heterocycles. The summed E-state index contributed by atoms with van der Waals surface area (Å²) >= 11 is 6.27. The largest absolute Gasteiger partial charge is 0.496 e. The third-order valence-electron chi connectivity index (χ3n) is 4.71. The van der Waals surface area contributed by atoms with Crippen LogP contribution in [0.4, 0.5) is 5.82 Å². The van der Waals surface area contributed by atoms with Crippen molar-refractivity contribution in [3.8, 4) is 5.75 Å². The van der Waals surface area contributed by atoms with Crippen molar-refractivity contribution >= 4 is 47.4 Å². The van der Waals surface area contributed by atoms with E-state index in [9.17, 15) is 0 Å². The van der Waals surface area contributed by atoms with Crippen molar-refractivity contribution in [2.45, 2.75) is 25.9 Å². The van der Waals surface area contributed by atoms with E-state index in [1.807, 2.05) is 25.1 Å². The van der Waals surface area contributed by atoms with Gasteiger partial charge in [0.15, 0.2) is 5.96 Å². The first-order chi connectivity index (χ1) is 13.1. The van der Waals surface area contributed by atoms with Gasteiger partial charge in [0.2, 0.25) is 0 Å². The van der Waals surface area contributed by atoms with Crippen molar-refractivity contribution in [3.05, 3.63) is 52.7 Å². The molecule has 2 aromatic rings. The van der Waals surface area contributed by atoms with Gasteiger partial charge in [0.05, 0.1) is 12.1 Å². The number of guanidine groups is 1. The van der Waals surface area contributed by atoms with E-state index < -0.39 is 0 Å². The van der Waals surface area contributed by atoms with Gasteiger partial charge in [-0.3, -0.25) is 4.99 Å². The number of hydrogen-bond acceptors (Lipinski definition) is 4. The standard InChI is InChI=1S/C20H26ClN5O.HI/c1-14-11-15(6-7-18(14)27-3)12-24-20(22-2)25-16-8-10-26(13-16)19-17(21)5-4-9-23-19;/h4-7,9,11,16H,8,10,12-13H2,1-3H3,(H2,22,24,25);1H. The van der Waals surface area contributed by atoms with Gasteiger partial charge < -0.3 is 20.3 Å². The van der Waals surface area contributed by atoms with Gasteiger partial charge in [-0.2, -0.15) is 0 Å². The molecule has 28 heavy (non-hydrogen) atoms. The molecular formula is C20H27ClIN5O. The predicted molar refractivity (Wildman–Crippen MR) is 126 cm³/mol. The SMILES string of the molecule is CN=C(NCc1ccc(OC)c(C)c1)NC1CCN(c2ncccc2Cl)C1.I. The smallest absolute Gasteiger partial charge is 0.191 e. The van der Waals surface area contributed by atoms with Crippen LogP contribution in [0.1, 0.15) is 17.5 Å². The van der Waals surface area contributed by atoms with Crippen LogP contribution < -0.4 is 20.3 Å². The summed E-state index contributed by atoms with van der Waals surface area (Å²) in [4.78, 5) is 11.0. The zero-order valence-electron chi connectivity index (χ0n) is 16.4. The van der Waals surface area contributed by atoms with Crippen LogP contribution in [0.5, 0.6) is 5.75 Å². The summed E-state index contributed by atoms with van der Waals surface area (Å²) in [5.41, 5.74) is 2.31. The van der Waals surface area contributed by atoms with Crippen molar-refractivity contribution in [2.24, 2.45) is 4.99 Å². The average Bonchev–Trinajstić information content (AvgIpc) is 3.14. The Balaban J connectivity index is 0.00000280. The number of halogens is 2. The highest BCUT2D eigenvalue weighted by Gasteiger charge is 2.25. The van der Waals surface area contributed by atoms with Gasteiger partial charge >= 0.3 is 0 Å². The van der Waals surface area contributed by atoms with E-state index >= 15 is 0 Å². The number of aromatic nitrogens is 1. The molecule has 0 spiro atoms. The molecule has 0 radical (unpaired) electrons. The Labute approximate surface area is 188 Å². The Bertz CT molecular complexity index is 817. The van der Waals surface area contributed by atoms with Crippen LogP contribution in [0.3, 0.4) is 0 Å². The van der Waals surface area contributed by atoms with Gasteiger partial charge in [-0.1, -0.05) is 23.7 Å². The van der Waals surface area contributed by atoms with Crippen LogP contribution in [0.25, 0.3) is 0 Å². The van der Waals surface area contributed by atoms with Crippen molar-refractivity contribution in [1.29, 1.82) is 0 Å². The molecule has 0 amide bonds. The lowest BCUT2D eigenvalue weighted by Gasteiger charge is -2.20. The van der Waals surface area contributed by atoms with Gasteiger partial charge in [0.1, 0.15) is 11.6 Å². The van der Waals surface area contributed by atoms with Gasteiger partial charge in [-0.15, -0.1) is 24.0 Å². The summed E-state index contributed by atoms with van der Waals surface area (Å²) in [7, 11) is 3.48. The van der Waals surface area contributed by atoms with E-state index in [0.717, 1.165) is 42.6 Å². The van der Waals surface area contributed by atoms with Crippen LogP contribution in [0, 0.1) is 6.92 Å². The monoisotopic (exact) mass is 515 g/mol. The van der Waals surface area contributed by atoms with E-state index in [2.05, 4.69) is 37.6 Å². The second-order valence-corrected chi connectivity index (χ2v) is 7.02. The number of benzene rings is 1. The Morgan fingerprint density at radius 1 is 1.39 bits per heavy atom. The number of rotatable bonds is 5. The number of aliphatic imine (C=N–C) groups is 1. The number of hydrogen-bond donors (Lipinski definition) is 2. The molecular weight excluding hydrogens is 489 g/mol. The van der Waals surface area contributed by atoms with Crippen molar-refractivity contribution in [3.63, 3.8) is 0 Å². The molecule has 1 aromatic carbocycles. The molecule has 1 aromatic heterocycles. The number of anilines is 1. The fraction of sp³-hybridized carbons (Fsp3) is 0.400. The maximum atomic E-state index is 6.27. The molecule has 8 heteroatoms. The van der Waals surface area contributed by atoms with Crippen LogP contribution >= 0.6 is 35.6 Å². The minimum atomic E-state index is 0. The van der Waals surface area contributed by atoms with Crippen molar-refractivity contribution in [2.75, 3.05) is 32.1 Å². The van der Waals surface area contributed by atoms with Gasteiger partial charge in [0.25, 0.3) is 0 Å². The maximum Gasteiger partial charge on any atom is 0.191 e. The molecule has 1 aliphatic rings. The highest BCUT2D eigenvalue weighted by atomic mass is 127. The molecule has 2 N–H and O–H groups in total. The lowest BCUT2D eigenvalue weighted by atomic mass is 10.1. The van der Waals surface area contributed by atoms with E-state index in [0.29, 0.717) is 17.6 Å². The highest BCUT2D eigenvalue weighted by Crippen LogP contribution is 2.25. The fourth-order valence-corrected chi connectivity index (χ4v) is 3.55. The molecule has 3 rings (SSSR count). The van der Waals surface area contributed by atoms with Crippen molar-refractivity contribution < 1.29 is 4.74 Å². The molecule has 152 valence electrons. The molecule has 0 saturated carbocycles. The number of aryl methyl sites for hydroxylation is 1. The minimum Gasteiger partial charge on any atom is -0.496 e. The maximum absolute atomic E-state index is 6.27. The quantitative estimate of drug-likeness (QED) is 0.362. The summed E-state index contributed by atoms with van der Waals surface area (Å²) < 4.78 is 5.31. The van der Waals surface area contributed by atoms with Gasteiger partial charge in [0, 0.05) is 38.9 Å². The summed E-state index contributed by atoms with van der Waals surface area (Å²) in [6.07, 6.45) is 2.79. The fourth-order valence-electron chi connectivity index (χ4n) is 3.30. The van der Waals surface area contributed by atoms with Crippen LogP contribution in [0.15, 0.2) is 41.5 Å². The first kappa shape index (κ1) is 22.5. The second-order valence-electron chi connectivity index (χ2n) is 6.61. The Hall–Kier alpha value is -1.74. The molecule has 6 nitrogen and oxygen atoms in total. The van der Waals surface area contributed by atoms with Gasteiger partial charge in [-0.25, -0.2) is 4.98 Å². The number of pyridine rings is 1. The third-order valence-corrected chi connectivity index (χ3v) is 5.01. The van der Waals surface area contributed by atoms with Crippen LogP contribution in [-0.2, 0) is 6.54 Å². The number of nitrogens with zero attached hydrogens (tertiary/aromatic N) is 3. The molecule has 1 saturated heterocycles. The number of nitrogens with one attached hydrogen (secondary N) is 2. The first-order valence-corrected chi connectivity index (χ1v) is 9.44. The van der Waals surface area contributed by atoms with Gasteiger partial charge in [-0.05, 0) is 42.7 Å². The number of methoxy groups -OCH3 is 1. The zero-order chi connectivity index (χ0) is 19.2. The minimum absolute atomic E-state index is 0. The summed E-state index contributed by atoms with van der Waals surface area (Å²) in [5, 5.41) is 7.57. The molecule has 1 fully saturated rings. The number of ether oxygens (including phenoxy) is 1. The molecule has 0 bridgehead atoms. The van der Waals surface area contributed by atoms with E-state index in [1.165, 1.54) is 5.56 Å². The summed E-state index contributed by atoms with van der Waals surface area (Å²) in [6.45, 7) is 4.51. The van der Waals surface area contributed by atoms with E-state index in [1.54, 1.807) is 20.4 Å². The zero-order valence-corrected chi connectivity index (χ0v) is 19.5. The average molecular weight is 516 g/mol. The Kier molecular flexibility index (Phi) is 8.62. The van der Waals surface area contributed by atoms with Crippen LogP contribution in [-0.4, -0.2) is 44.2 Å². The third kappa shape index (κ3) is 5.64. The Morgan fingerprint density at radius 3 is 2.89 bits per heavy atom. The molecule has 0 aliphatic carbocycles. The van der Waals surface area contributed by atoms with Crippen LogP contribution in [0.2, 0.25) is 5.02 Å². The molecule has 1 unspecified atom stereocenters. The molecule has 2 heterocycles. The van der Waals surface area contributed by atoms with E-state index in [4.69, 9.17) is 16.3 Å². The van der Waals surface area contributed by atoms with E-state index in [-0.39, 0.29) is 24.0 Å². The first-order valence-electron chi connectivity index (χ1n) is 9.07. The van der Waals surface area contributed by atoms with Crippen molar-refractivity contribution in [1.82, 2.24) is 15.6 Å². The second kappa shape index (κ2) is 10.7. The lowest BCUT2D eigenvalue weighted by Crippen LogP contribution is -2.44. The predicted octanol–water partition coefficient (Wildman–Crippen LogP) is 3.61. The summed E-state index contributed by atoms with van der Waals surface area (Å²) in [5.74, 6) is 2.54. The molecule has 1 atom stereocenters. The normalized spacial score (nSPS) is 16.5. The lowest BCUT2D eigenvalue weighted by molar-refractivity contribution is 0.411. The Morgan fingerprint density at radius 2 is 2.21 bits per heavy atom. The highest BCUT2D eigenvalue weighted by molar-refractivity contribution is 14.0. The summed E-state index contributed by atoms with van der Waals surface area (Å²) in [6, 6.07) is 10.2.